The van der Waals surface area contributed by atoms with Crippen LogP contribution in [0.25, 0.3) is 0 Å². The van der Waals surface area contributed by atoms with E-state index < -0.39 is 0 Å². The molecular formula is C16H26N4O2. The van der Waals surface area contributed by atoms with Crippen molar-refractivity contribution in [2.75, 3.05) is 51.4 Å². The van der Waals surface area contributed by atoms with Crippen LogP contribution in [-0.4, -0.2) is 67.4 Å². The molecule has 0 spiro atoms. The molecule has 3 heterocycles. The fourth-order valence-electron chi connectivity index (χ4n) is 3.36. The second kappa shape index (κ2) is 7.35. The Bertz CT molecular complexity index is 491. The summed E-state index contributed by atoms with van der Waals surface area (Å²) >= 11 is 0. The van der Waals surface area contributed by atoms with Crippen LogP contribution in [0.15, 0.2) is 6.07 Å². The van der Waals surface area contributed by atoms with Gasteiger partial charge in [-0.15, -0.1) is 0 Å². The predicted molar refractivity (Wildman–Crippen MR) is 85.1 cm³/mol. The van der Waals surface area contributed by atoms with Gasteiger partial charge in [-0.25, -0.2) is 9.97 Å². The van der Waals surface area contributed by atoms with Gasteiger partial charge in [0.25, 0.3) is 0 Å². The minimum atomic E-state index is 0.469. The third-order valence-electron chi connectivity index (χ3n) is 4.40. The Balaban J connectivity index is 1.71. The number of anilines is 1. The summed E-state index contributed by atoms with van der Waals surface area (Å²) < 4.78 is 10.6. The van der Waals surface area contributed by atoms with Gasteiger partial charge in [-0.05, 0) is 19.8 Å². The Morgan fingerprint density at radius 2 is 2.09 bits per heavy atom. The van der Waals surface area contributed by atoms with Crippen LogP contribution in [0.2, 0.25) is 0 Å². The zero-order valence-corrected chi connectivity index (χ0v) is 13.6. The highest BCUT2D eigenvalue weighted by Gasteiger charge is 2.28. The maximum Gasteiger partial charge on any atom is 0.156 e. The van der Waals surface area contributed by atoms with Gasteiger partial charge < -0.3 is 14.4 Å². The molecule has 0 bridgehead atoms. The third-order valence-corrected chi connectivity index (χ3v) is 4.40. The van der Waals surface area contributed by atoms with Crippen molar-refractivity contribution >= 4 is 5.82 Å². The molecule has 0 amide bonds. The summed E-state index contributed by atoms with van der Waals surface area (Å²) in [6.45, 7) is 8.48. The zero-order valence-electron chi connectivity index (χ0n) is 13.6. The van der Waals surface area contributed by atoms with Crippen LogP contribution in [0.5, 0.6) is 0 Å². The van der Waals surface area contributed by atoms with E-state index >= 15 is 0 Å². The van der Waals surface area contributed by atoms with E-state index in [-0.39, 0.29) is 0 Å². The summed E-state index contributed by atoms with van der Waals surface area (Å²) in [4.78, 5) is 14.1. The molecule has 0 aliphatic carbocycles. The SMILES string of the molecule is COCc1nc(C)cc(N2CCC[C@H]2CN2CCOCC2)n1. The number of hydrogen-bond acceptors (Lipinski definition) is 6. The molecule has 6 heteroatoms. The van der Waals surface area contributed by atoms with Gasteiger partial charge >= 0.3 is 0 Å². The molecule has 0 aromatic carbocycles. The van der Waals surface area contributed by atoms with Gasteiger partial charge in [0.2, 0.25) is 0 Å². The first kappa shape index (κ1) is 15.6. The first-order valence-corrected chi connectivity index (χ1v) is 8.16. The predicted octanol–water partition coefficient (Wildman–Crippen LogP) is 1.23. The minimum absolute atomic E-state index is 0.469. The van der Waals surface area contributed by atoms with E-state index in [0.717, 1.165) is 56.7 Å². The smallest absolute Gasteiger partial charge is 0.156 e. The molecule has 1 atom stereocenters. The van der Waals surface area contributed by atoms with E-state index in [1.165, 1.54) is 12.8 Å². The van der Waals surface area contributed by atoms with Crippen LogP contribution in [0.1, 0.15) is 24.4 Å². The first-order chi connectivity index (χ1) is 10.8. The molecule has 0 N–H and O–H groups in total. The Labute approximate surface area is 132 Å². The monoisotopic (exact) mass is 306 g/mol. The van der Waals surface area contributed by atoms with Crippen molar-refractivity contribution in [2.45, 2.75) is 32.4 Å². The van der Waals surface area contributed by atoms with E-state index in [0.29, 0.717) is 12.6 Å². The average Bonchev–Trinajstić information content (AvgIpc) is 2.96. The molecule has 2 fully saturated rings. The lowest BCUT2D eigenvalue weighted by atomic mass is 10.2. The van der Waals surface area contributed by atoms with Crippen molar-refractivity contribution in [3.05, 3.63) is 17.6 Å². The minimum Gasteiger partial charge on any atom is -0.379 e. The lowest BCUT2D eigenvalue weighted by molar-refractivity contribution is 0.0354. The Hall–Kier alpha value is -1.24. The largest absolute Gasteiger partial charge is 0.379 e. The molecule has 2 aliphatic heterocycles. The summed E-state index contributed by atoms with van der Waals surface area (Å²) in [5, 5.41) is 0. The van der Waals surface area contributed by atoms with Crippen LogP contribution in [-0.2, 0) is 16.1 Å². The first-order valence-electron chi connectivity index (χ1n) is 8.16. The van der Waals surface area contributed by atoms with Gasteiger partial charge in [-0.2, -0.15) is 0 Å². The summed E-state index contributed by atoms with van der Waals surface area (Å²) in [6.07, 6.45) is 2.47. The normalized spacial score (nSPS) is 23.2. The van der Waals surface area contributed by atoms with Crippen molar-refractivity contribution in [1.82, 2.24) is 14.9 Å². The van der Waals surface area contributed by atoms with Gasteiger partial charge in [0.1, 0.15) is 12.4 Å². The molecule has 6 nitrogen and oxygen atoms in total. The van der Waals surface area contributed by atoms with Gasteiger partial charge in [0.05, 0.1) is 13.2 Å². The van der Waals surface area contributed by atoms with Crippen molar-refractivity contribution in [3.8, 4) is 0 Å². The van der Waals surface area contributed by atoms with Crippen molar-refractivity contribution in [1.29, 1.82) is 0 Å². The molecule has 122 valence electrons. The number of aryl methyl sites for hydroxylation is 1. The highest BCUT2D eigenvalue weighted by Crippen LogP contribution is 2.25. The zero-order chi connectivity index (χ0) is 15.4. The van der Waals surface area contributed by atoms with E-state index in [1.54, 1.807) is 7.11 Å². The molecule has 1 aromatic rings. The third kappa shape index (κ3) is 3.74. The van der Waals surface area contributed by atoms with Crippen LogP contribution in [0, 0.1) is 6.92 Å². The van der Waals surface area contributed by atoms with Crippen LogP contribution >= 0.6 is 0 Å². The lowest BCUT2D eigenvalue weighted by Crippen LogP contribution is -2.45. The highest BCUT2D eigenvalue weighted by molar-refractivity contribution is 5.42. The van der Waals surface area contributed by atoms with Crippen molar-refractivity contribution in [2.24, 2.45) is 0 Å². The molecule has 0 radical (unpaired) electrons. The summed E-state index contributed by atoms with van der Waals surface area (Å²) in [5.74, 6) is 1.82. The summed E-state index contributed by atoms with van der Waals surface area (Å²) in [7, 11) is 1.68. The number of aromatic nitrogens is 2. The molecule has 0 unspecified atom stereocenters. The summed E-state index contributed by atoms with van der Waals surface area (Å²) in [6, 6.07) is 2.64. The lowest BCUT2D eigenvalue weighted by Gasteiger charge is -2.33. The average molecular weight is 306 g/mol. The number of morpholine rings is 1. The van der Waals surface area contributed by atoms with E-state index in [9.17, 15) is 0 Å². The number of nitrogens with zero attached hydrogens (tertiary/aromatic N) is 4. The maximum atomic E-state index is 5.44. The fourth-order valence-corrected chi connectivity index (χ4v) is 3.36. The number of ether oxygens (including phenoxy) is 2. The highest BCUT2D eigenvalue weighted by atomic mass is 16.5. The Kier molecular flexibility index (Phi) is 5.23. The van der Waals surface area contributed by atoms with Gasteiger partial charge in [0, 0.05) is 51.1 Å². The molecular weight excluding hydrogens is 280 g/mol. The van der Waals surface area contributed by atoms with Crippen molar-refractivity contribution < 1.29 is 9.47 Å². The van der Waals surface area contributed by atoms with Crippen LogP contribution in [0.4, 0.5) is 5.82 Å². The van der Waals surface area contributed by atoms with E-state index in [1.807, 2.05) is 6.92 Å². The maximum absolute atomic E-state index is 5.44. The number of hydrogen-bond donors (Lipinski definition) is 0. The quantitative estimate of drug-likeness (QED) is 0.815. The number of rotatable bonds is 5. The van der Waals surface area contributed by atoms with Crippen molar-refractivity contribution in [3.63, 3.8) is 0 Å². The Morgan fingerprint density at radius 3 is 2.86 bits per heavy atom. The standard InChI is InChI=1S/C16H26N4O2/c1-13-10-16(18-15(17-13)12-21-2)20-5-3-4-14(20)11-19-6-8-22-9-7-19/h10,14H,3-9,11-12H2,1-2H3/t14-/m0/s1. The molecule has 22 heavy (non-hydrogen) atoms. The van der Waals surface area contributed by atoms with E-state index in [4.69, 9.17) is 14.5 Å². The molecule has 2 aliphatic rings. The van der Waals surface area contributed by atoms with Gasteiger partial charge in [0.15, 0.2) is 5.82 Å². The molecule has 1 aromatic heterocycles. The van der Waals surface area contributed by atoms with Gasteiger partial charge in [-0.3, -0.25) is 4.90 Å². The fraction of sp³-hybridized carbons (Fsp3) is 0.750. The molecule has 3 rings (SSSR count). The number of methoxy groups -OCH3 is 1. The topological polar surface area (TPSA) is 50.7 Å². The molecule has 2 saturated heterocycles. The van der Waals surface area contributed by atoms with Crippen LogP contribution < -0.4 is 4.90 Å². The Morgan fingerprint density at radius 1 is 1.27 bits per heavy atom. The van der Waals surface area contributed by atoms with E-state index in [2.05, 4.69) is 20.9 Å². The summed E-state index contributed by atoms with van der Waals surface area (Å²) in [5.41, 5.74) is 1.01. The van der Waals surface area contributed by atoms with Crippen LogP contribution in [0.3, 0.4) is 0 Å². The molecule has 0 saturated carbocycles. The second-order valence-corrected chi connectivity index (χ2v) is 6.12. The van der Waals surface area contributed by atoms with Gasteiger partial charge in [-0.1, -0.05) is 0 Å². The second-order valence-electron chi connectivity index (χ2n) is 6.12.